The summed E-state index contributed by atoms with van der Waals surface area (Å²) in [5.41, 5.74) is 1.23. The fraction of sp³-hybridized carbons (Fsp3) is 0.571. The number of aryl methyl sites for hydroxylation is 1. The number of hydrogen-bond acceptors (Lipinski definition) is 2. The summed E-state index contributed by atoms with van der Waals surface area (Å²) in [4.78, 5) is 0. The minimum Gasteiger partial charge on any atom is -0.493 e. The van der Waals surface area contributed by atoms with E-state index < -0.39 is 0 Å². The number of para-hydroxylation sites is 1. The van der Waals surface area contributed by atoms with Gasteiger partial charge in [-0.2, -0.15) is 0 Å². The Balaban J connectivity index is 0.00000106. The second-order valence-electron chi connectivity index (χ2n) is 3.26. The van der Waals surface area contributed by atoms with Crippen molar-refractivity contribution >= 4 is 0 Å². The highest BCUT2D eigenvalue weighted by molar-refractivity contribution is 5.46. The molecule has 0 bridgehead atoms. The van der Waals surface area contributed by atoms with Gasteiger partial charge in [0, 0.05) is 0 Å². The number of benzene rings is 1. The molecule has 1 aromatic rings. The summed E-state index contributed by atoms with van der Waals surface area (Å²) in [5, 5.41) is 0. The van der Waals surface area contributed by atoms with Crippen LogP contribution in [0.25, 0.3) is 0 Å². The lowest BCUT2D eigenvalue weighted by atomic mass is 10.1. The van der Waals surface area contributed by atoms with E-state index in [1.54, 1.807) is 14.2 Å². The van der Waals surface area contributed by atoms with Gasteiger partial charge in [-0.05, 0) is 24.5 Å². The summed E-state index contributed by atoms with van der Waals surface area (Å²) in [6.45, 7) is 6.19. The van der Waals surface area contributed by atoms with Crippen LogP contribution in [-0.2, 0) is 6.42 Å². The van der Waals surface area contributed by atoms with Crippen molar-refractivity contribution in [2.75, 3.05) is 14.2 Å². The number of rotatable bonds is 5. The Morgan fingerprint density at radius 3 is 2.25 bits per heavy atom. The Morgan fingerprint density at radius 2 is 1.75 bits per heavy atom. The lowest BCUT2D eigenvalue weighted by molar-refractivity contribution is 0.351. The average molecular weight is 224 g/mol. The smallest absolute Gasteiger partial charge is 0.163 e. The van der Waals surface area contributed by atoms with E-state index in [1.165, 1.54) is 18.4 Å². The van der Waals surface area contributed by atoms with Crippen LogP contribution in [0, 0.1) is 0 Å². The topological polar surface area (TPSA) is 18.5 Å². The molecule has 1 rings (SSSR count). The van der Waals surface area contributed by atoms with Gasteiger partial charge in [-0.1, -0.05) is 39.3 Å². The van der Waals surface area contributed by atoms with Gasteiger partial charge in [0.25, 0.3) is 0 Å². The second kappa shape index (κ2) is 9.08. The highest BCUT2D eigenvalue weighted by Crippen LogP contribution is 2.31. The van der Waals surface area contributed by atoms with Gasteiger partial charge in [0.2, 0.25) is 0 Å². The molecule has 16 heavy (non-hydrogen) atoms. The van der Waals surface area contributed by atoms with Gasteiger partial charge >= 0.3 is 0 Å². The minimum atomic E-state index is 0.820. The first-order valence-corrected chi connectivity index (χ1v) is 6.03. The van der Waals surface area contributed by atoms with Crippen molar-refractivity contribution in [3.05, 3.63) is 23.8 Å². The van der Waals surface area contributed by atoms with Crippen LogP contribution in [0.4, 0.5) is 0 Å². The van der Waals surface area contributed by atoms with Gasteiger partial charge < -0.3 is 9.47 Å². The van der Waals surface area contributed by atoms with Crippen molar-refractivity contribution in [3.8, 4) is 11.5 Å². The molecule has 0 aromatic heterocycles. The molecule has 0 saturated carbocycles. The van der Waals surface area contributed by atoms with E-state index in [-0.39, 0.29) is 0 Å². The summed E-state index contributed by atoms with van der Waals surface area (Å²) in [6, 6.07) is 6.03. The molecule has 92 valence electrons. The van der Waals surface area contributed by atoms with Crippen LogP contribution in [0.3, 0.4) is 0 Å². The van der Waals surface area contributed by atoms with Crippen LogP contribution in [0.2, 0.25) is 0 Å². The van der Waals surface area contributed by atoms with E-state index in [4.69, 9.17) is 9.47 Å². The summed E-state index contributed by atoms with van der Waals surface area (Å²) in [5.74, 6) is 1.70. The molecule has 0 fully saturated rings. The SMILES string of the molecule is CC.CCCCc1cccc(OC)c1OC. The molecule has 0 N–H and O–H groups in total. The van der Waals surface area contributed by atoms with Crippen molar-refractivity contribution in [2.24, 2.45) is 0 Å². The Bertz CT molecular complexity index is 282. The molecule has 2 nitrogen and oxygen atoms in total. The lowest BCUT2D eigenvalue weighted by Gasteiger charge is -2.11. The monoisotopic (exact) mass is 224 g/mol. The molecule has 0 spiro atoms. The van der Waals surface area contributed by atoms with Gasteiger partial charge in [-0.25, -0.2) is 0 Å². The maximum atomic E-state index is 5.34. The summed E-state index contributed by atoms with van der Waals surface area (Å²) >= 11 is 0. The molecule has 0 amide bonds. The molecule has 1 aromatic carbocycles. The quantitative estimate of drug-likeness (QED) is 0.750. The fourth-order valence-electron chi connectivity index (χ4n) is 1.52. The Morgan fingerprint density at radius 1 is 1.06 bits per heavy atom. The van der Waals surface area contributed by atoms with Crippen LogP contribution in [0.5, 0.6) is 11.5 Å². The predicted molar refractivity (Wildman–Crippen MR) is 69.5 cm³/mol. The minimum absolute atomic E-state index is 0.820. The summed E-state index contributed by atoms with van der Waals surface area (Å²) in [7, 11) is 3.36. The van der Waals surface area contributed by atoms with Crippen LogP contribution in [0.1, 0.15) is 39.2 Å². The highest BCUT2D eigenvalue weighted by atomic mass is 16.5. The first-order valence-electron chi connectivity index (χ1n) is 6.03. The third kappa shape index (κ3) is 4.13. The molecule has 0 aliphatic carbocycles. The van der Waals surface area contributed by atoms with Crippen molar-refractivity contribution in [2.45, 2.75) is 40.0 Å². The highest BCUT2D eigenvalue weighted by Gasteiger charge is 2.07. The summed E-state index contributed by atoms with van der Waals surface area (Å²) in [6.07, 6.45) is 3.43. The van der Waals surface area contributed by atoms with E-state index >= 15 is 0 Å². The largest absolute Gasteiger partial charge is 0.493 e. The zero-order valence-corrected chi connectivity index (χ0v) is 11.2. The van der Waals surface area contributed by atoms with Crippen molar-refractivity contribution < 1.29 is 9.47 Å². The van der Waals surface area contributed by atoms with E-state index in [1.807, 2.05) is 26.0 Å². The third-order valence-corrected chi connectivity index (χ3v) is 2.28. The van der Waals surface area contributed by atoms with E-state index in [2.05, 4.69) is 13.0 Å². The Hall–Kier alpha value is -1.18. The molecule has 0 aliphatic heterocycles. The van der Waals surface area contributed by atoms with Crippen molar-refractivity contribution in [1.82, 2.24) is 0 Å². The maximum absolute atomic E-state index is 5.34. The standard InChI is InChI=1S/C12H18O2.C2H6/c1-4-5-7-10-8-6-9-11(13-2)12(10)14-3;1-2/h6,8-9H,4-5,7H2,1-3H3;1-2H3. The first-order chi connectivity index (χ1) is 7.83. The van der Waals surface area contributed by atoms with E-state index in [9.17, 15) is 0 Å². The Kier molecular flexibility index (Phi) is 8.41. The fourth-order valence-corrected chi connectivity index (χ4v) is 1.52. The molecular formula is C14H24O2. The van der Waals surface area contributed by atoms with Crippen LogP contribution in [0.15, 0.2) is 18.2 Å². The molecular weight excluding hydrogens is 200 g/mol. The number of hydrogen-bond donors (Lipinski definition) is 0. The van der Waals surface area contributed by atoms with Crippen LogP contribution in [-0.4, -0.2) is 14.2 Å². The first kappa shape index (κ1) is 14.8. The van der Waals surface area contributed by atoms with Crippen LogP contribution < -0.4 is 9.47 Å². The van der Waals surface area contributed by atoms with Gasteiger partial charge in [0.15, 0.2) is 11.5 Å². The third-order valence-electron chi connectivity index (χ3n) is 2.28. The van der Waals surface area contributed by atoms with Gasteiger partial charge in [0.05, 0.1) is 14.2 Å². The van der Waals surface area contributed by atoms with Gasteiger partial charge in [-0.15, -0.1) is 0 Å². The van der Waals surface area contributed by atoms with Crippen LogP contribution >= 0.6 is 0 Å². The molecule has 0 saturated heterocycles. The number of methoxy groups -OCH3 is 2. The molecule has 0 atom stereocenters. The van der Waals surface area contributed by atoms with Crippen molar-refractivity contribution in [1.29, 1.82) is 0 Å². The van der Waals surface area contributed by atoms with Crippen molar-refractivity contribution in [3.63, 3.8) is 0 Å². The molecule has 2 heteroatoms. The molecule has 0 aliphatic rings. The zero-order valence-electron chi connectivity index (χ0n) is 11.2. The van der Waals surface area contributed by atoms with Gasteiger partial charge in [0.1, 0.15) is 0 Å². The molecule has 0 heterocycles. The average Bonchev–Trinajstić information content (AvgIpc) is 2.37. The second-order valence-corrected chi connectivity index (χ2v) is 3.26. The molecule has 0 radical (unpaired) electrons. The molecule has 0 unspecified atom stereocenters. The van der Waals surface area contributed by atoms with E-state index in [0.717, 1.165) is 17.9 Å². The summed E-state index contributed by atoms with van der Waals surface area (Å²) < 4.78 is 10.6. The maximum Gasteiger partial charge on any atom is 0.163 e. The predicted octanol–water partition coefficient (Wildman–Crippen LogP) is 4.07. The van der Waals surface area contributed by atoms with Gasteiger partial charge in [-0.3, -0.25) is 0 Å². The normalized spacial score (nSPS) is 9.06. The van der Waals surface area contributed by atoms with E-state index in [0.29, 0.717) is 0 Å². The zero-order chi connectivity index (χ0) is 12.4. The number of unbranched alkanes of at least 4 members (excludes halogenated alkanes) is 1. The number of ether oxygens (including phenoxy) is 2. The Labute approximate surface area is 99.6 Å². The lowest BCUT2D eigenvalue weighted by Crippen LogP contribution is -1.95.